The lowest BCUT2D eigenvalue weighted by molar-refractivity contribution is -0.155. The molecule has 1 aliphatic heterocycles. The molecule has 0 aromatic heterocycles. The molecular formula is C22H17Cl3N2O3. The van der Waals surface area contributed by atoms with Crippen LogP contribution in [0.15, 0.2) is 54.6 Å². The number of fused-ring (bicyclic) bond motifs is 1. The molecule has 2 aromatic rings. The van der Waals surface area contributed by atoms with Gasteiger partial charge in [0, 0.05) is 10.6 Å². The summed E-state index contributed by atoms with van der Waals surface area (Å²) in [6, 6.07) is 11.2. The Hall–Kier alpha value is -2.34. The van der Waals surface area contributed by atoms with Crippen molar-refractivity contribution in [2.75, 3.05) is 0 Å². The molecule has 8 heteroatoms. The second kappa shape index (κ2) is 8.42. The Labute approximate surface area is 188 Å². The molecule has 0 bridgehead atoms. The molecule has 3 amide bonds. The normalized spacial score (nSPS) is 20.4. The number of rotatable bonds is 4. The summed E-state index contributed by atoms with van der Waals surface area (Å²) in [4.78, 5) is 39.6. The zero-order valence-electron chi connectivity index (χ0n) is 15.7. The number of imide groups is 1. The number of amides is 3. The van der Waals surface area contributed by atoms with Crippen LogP contribution in [0.2, 0.25) is 15.1 Å². The number of carbonyl (C=O) groups is 3. The van der Waals surface area contributed by atoms with Gasteiger partial charge in [0.25, 0.3) is 17.7 Å². The summed E-state index contributed by atoms with van der Waals surface area (Å²) in [5.74, 6) is -2.10. The Balaban J connectivity index is 1.72. The molecule has 1 fully saturated rings. The van der Waals surface area contributed by atoms with Crippen molar-refractivity contribution in [1.82, 2.24) is 10.0 Å². The van der Waals surface area contributed by atoms with Gasteiger partial charge < -0.3 is 0 Å². The fourth-order valence-electron chi connectivity index (χ4n) is 3.81. The average molecular weight is 464 g/mol. The summed E-state index contributed by atoms with van der Waals surface area (Å²) in [5, 5.41) is 3.37. The first-order valence-electron chi connectivity index (χ1n) is 9.41. The van der Waals surface area contributed by atoms with E-state index in [1.807, 2.05) is 12.2 Å². The lowest BCUT2D eigenvalue weighted by Crippen LogP contribution is -2.49. The Kier molecular flexibility index (Phi) is 5.87. The first kappa shape index (κ1) is 20.9. The van der Waals surface area contributed by atoms with Crippen LogP contribution in [0.1, 0.15) is 28.8 Å². The number of hydrazine groups is 1. The first-order valence-corrected chi connectivity index (χ1v) is 10.5. The molecule has 1 saturated heterocycles. The molecule has 1 heterocycles. The van der Waals surface area contributed by atoms with E-state index in [0.717, 1.165) is 5.01 Å². The average Bonchev–Trinajstić information content (AvgIpc) is 2.99. The summed E-state index contributed by atoms with van der Waals surface area (Å²) in [5.41, 5.74) is 0.952. The number of benzene rings is 2. The van der Waals surface area contributed by atoms with Crippen LogP contribution in [0.25, 0.3) is 0 Å². The number of nitrogens with zero attached hydrogens (tertiary/aromatic N) is 2. The van der Waals surface area contributed by atoms with Crippen molar-refractivity contribution in [2.45, 2.75) is 19.4 Å². The summed E-state index contributed by atoms with van der Waals surface area (Å²) in [7, 11) is 0. The van der Waals surface area contributed by atoms with Crippen molar-refractivity contribution >= 4 is 52.5 Å². The minimum absolute atomic E-state index is 0.0112. The molecule has 2 atom stereocenters. The Bertz CT molecular complexity index is 1030. The lowest BCUT2D eigenvalue weighted by Gasteiger charge is -2.30. The van der Waals surface area contributed by atoms with Gasteiger partial charge in [-0.3, -0.25) is 14.4 Å². The summed E-state index contributed by atoms with van der Waals surface area (Å²) >= 11 is 18.1. The van der Waals surface area contributed by atoms with E-state index in [4.69, 9.17) is 34.8 Å². The van der Waals surface area contributed by atoms with Crippen molar-refractivity contribution in [3.05, 3.63) is 80.8 Å². The largest absolute Gasteiger partial charge is 0.273 e. The smallest absolute Gasteiger partial charge is 0.272 e. The van der Waals surface area contributed by atoms with Gasteiger partial charge in [-0.15, -0.1) is 0 Å². The van der Waals surface area contributed by atoms with Crippen molar-refractivity contribution in [3.8, 4) is 0 Å². The molecule has 0 spiro atoms. The minimum Gasteiger partial charge on any atom is -0.272 e. The topological polar surface area (TPSA) is 57.7 Å². The molecule has 154 valence electrons. The van der Waals surface area contributed by atoms with Crippen LogP contribution >= 0.6 is 34.8 Å². The van der Waals surface area contributed by atoms with Crippen LogP contribution in [-0.4, -0.2) is 27.7 Å². The standard InChI is InChI=1S/C22H17Cl3N2O3/c23-15-8-6-14(7-9-15)20(28)26(12-13-5-10-18(24)19(25)11-13)27-21(29)16-3-1-2-4-17(16)22(27)30/h1-2,5-11,16-17H,3-4,12H2/t16-,17-/m0/s1. The third kappa shape index (κ3) is 3.85. The van der Waals surface area contributed by atoms with Crippen molar-refractivity contribution < 1.29 is 14.4 Å². The van der Waals surface area contributed by atoms with Gasteiger partial charge >= 0.3 is 0 Å². The summed E-state index contributed by atoms with van der Waals surface area (Å²) in [6.07, 6.45) is 4.78. The van der Waals surface area contributed by atoms with Crippen LogP contribution < -0.4 is 0 Å². The maximum atomic E-state index is 13.4. The Morgan fingerprint density at radius 3 is 2.07 bits per heavy atom. The van der Waals surface area contributed by atoms with E-state index in [0.29, 0.717) is 39.0 Å². The monoisotopic (exact) mass is 462 g/mol. The Morgan fingerprint density at radius 2 is 1.50 bits per heavy atom. The van der Waals surface area contributed by atoms with Gasteiger partial charge in [-0.05, 0) is 54.8 Å². The van der Waals surface area contributed by atoms with E-state index in [2.05, 4.69) is 0 Å². The fourth-order valence-corrected chi connectivity index (χ4v) is 4.25. The molecule has 0 saturated carbocycles. The molecule has 0 radical (unpaired) electrons. The van der Waals surface area contributed by atoms with Crippen molar-refractivity contribution in [1.29, 1.82) is 0 Å². The molecule has 0 N–H and O–H groups in total. The maximum Gasteiger partial charge on any atom is 0.273 e. The van der Waals surface area contributed by atoms with Crippen LogP contribution in [0.4, 0.5) is 0 Å². The number of hydrogen-bond acceptors (Lipinski definition) is 3. The van der Waals surface area contributed by atoms with Crippen molar-refractivity contribution in [3.63, 3.8) is 0 Å². The van der Waals surface area contributed by atoms with E-state index >= 15 is 0 Å². The zero-order valence-corrected chi connectivity index (χ0v) is 18.0. The molecule has 30 heavy (non-hydrogen) atoms. The van der Waals surface area contributed by atoms with Gasteiger partial charge in [0.1, 0.15) is 0 Å². The highest BCUT2D eigenvalue weighted by atomic mass is 35.5. The third-order valence-corrected chi connectivity index (χ3v) is 6.36. The lowest BCUT2D eigenvalue weighted by atomic mass is 9.85. The van der Waals surface area contributed by atoms with E-state index in [-0.39, 0.29) is 18.4 Å². The van der Waals surface area contributed by atoms with Gasteiger partial charge in [-0.1, -0.05) is 53.0 Å². The summed E-state index contributed by atoms with van der Waals surface area (Å²) in [6.45, 7) is -0.0112. The second-order valence-electron chi connectivity index (χ2n) is 7.26. The second-order valence-corrected chi connectivity index (χ2v) is 8.51. The SMILES string of the molecule is O=C(c1ccc(Cl)cc1)N(Cc1ccc(Cl)c(Cl)c1)N1C(=O)[C@H]2CC=CC[C@@H]2C1=O. The van der Waals surface area contributed by atoms with Gasteiger partial charge in [0.2, 0.25) is 0 Å². The highest BCUT2D eigenvalue weighted by molar-refractivity contribution is 6.42. The van der Waals surface area contributed by atoms with Crippen LogP contribution in [0, 0.1) is 11.8 Å². The molecule has 5 nitrogen and oxygen atoms in total. The van der Waals surface area contributed by atoms with Gasteiger partial charge in [-0.2, -0.15) is 5.01 Å². The molecule has 0 unspecified atom stereocenters. The predicted molar refractivity (Wildman–Crippen MR) is 115 cm³/mol. The van der Waals surface area contributed by atoms with E-state index < -0.39 is 17.7 Å². The molecule has 2 aromatic carbocycles. The molecule has 4 rings (SSSR count). The van der Waals surface area contributed by atoms with Gasteiger partial charge in [-0.25, -0.2) is 5.01 Å². The first-order chi connectivity index (χ1) is 14.4. The molecular weight excluding hydrogens is 447 g/mol. The van der Waals surface area contributed by atoms with Crippen molar-refractivity contribution in [2.24, 2.45) is 11.8 Å². The number of hydrogen-bond donors (Lipinski definition) is 0. The van der Waals surface area contributed by atoms with Gasteiger partial charge in [0.15, 0.2) is 0 Å². The van der Waals surface area contributed by atoms with Crippen LogP contribution in [-0.2, 0) is 16.1 Å². The number of allylic oxidation sites excluding steroid dienone is 2. The van der Waals surface area contributed by atoms with Gasteiger partial charge in [0.05, 0.1) is 28.4 Å². The maximum absolute atomic E-state index is 13.4. The predicted octanol–water partition coefficient (Wildman–Crippen LogP) is 5.16. The highest BCUT2D eigenvalue weighted by Gasteiger charge is 2.50. The zero-order chi connectivity index (χ0) is 21.4. The van der Waals surface area contributed by atoms with E-state index in [9.17, 15) is 14.4 Å². The molecule has 1 aliphatic carbocycles. The van der Waals surface area contributed by atoms with Crippen LogP contribution in [0.5, 0.6) is 0 Å². The number of halogens is 3. The third-order valence-electron chi connectivity index (χ3n) is 5.37. The van der Waals surface area contributed by atoms with Crippen LogP contribution in [0.3, 0.4) is 0 Å². The molecule has 2 aliphatic rings. The quantitative estimate of drug-likeness (QED) is 0.465. The van der Waals surface area contributed by atoms with E-state index in [1.54, 1.807) is 42.5 Å². The summed E-state index contributed by atoms with van der Waals surface area (Å²) < 4.78 is 0. The Morgan fingerprint density at radius 1 is 0.900 bits per heavy atom. The minimum atomic E-state index is -0.481. The highest BCUT2D eigenvalue weighted by Crippen LogP contribution is 2.37. The fraction of sp³-hybridized carbons (Fsp3) is 0.227. The van der Waals surface area contributed by atoms with E-state index in [1.165, 1.54) is 5.01 Å². The number of carbonyl (C=O) groups excluding carboxylic acids is 3.